The molecule has 23 heavy (non-hydrogen) atoms. The Bertz CT molecular complexity index is 993. The van der Waals surface area contributed by atoms with Crippen molar-refractivity contribution in [2.45, 2.75) is 0 Å². The molecule has 0 fully saturated rings. The Morgan fingerprint density at radius 3 is 2.52 bits per heavy atom. The second-order valence-electron chi connectivity index (χ2n) is 5.16. The van der Waals surface area contributed by atoms with Crippen molar-refractivity contribution in [3.05, 3.63) is 71.6 Å². The predicted octanol–water partition coefficient (Wildman–Crippen LogP) is 5.08. The number of H-pyrrole nitrogens is 1. The van der Waals surface area contributed by atoms with Crippen LogP contribution in [0.3, 0.4) is 0 Å². The molecule has 0 bridgehead atoms. The molecule has 0 saturated carbocycles. The minimum atomic E-state index is -0.284. The van der Waals surface area contributed by atoms with E-state index in [-0.39, 0.29) is 5.82 Å². The number of halogens is 2. The van der Waals surface area contributed by atoms with E-state index < -0.39 is 0 Å². The fourth-order valence-electron chi connectivity index (χ4n) is 2.50. The quantitative estimate of drug-likeness (QED) is 0.558. The highest BCUT2D eigenvalue weighted by atomic mass is 35.5. The third-order valence-electron chi connectivity index (χ3n) is 3.63. The van der Waals surface area contributed by atoms with Gasteiger partial charge in [0.25, 0.3) is 0 Å². The SMILES string of the molecule is Fc1ccc2nc(-c3ccc(-c4ncccc4Cl)cc3)[nH]c2c1. The van der Waals surface area contributed by atoms with Crippen molar-refractivity contribution in [2.75, 3.05) is 0 Å². The molecule has 0 spiro atoms. The Hall–Kier alpha value is -2.72. The topological polar surface area (TPSA) is 41.6 Å². The van der Waals surface area contributed by atoms with Crippen LogP contribution in [0, 0.1) is 5.82 Å². The molecule has 0 unspecified atom stereocenters. The second-order valence-corrected chi connectivity index (χ2v) is 5.57. The van der Waals surface area contributed by atoms with Crippen LogP contribution in [0.2, 0.25) is 5.02 Å². The molecule has 0 aliphatic rings. The molecule has 0 atom stereocenters. The summed E-state index contributed by atoms with van der Waals surface area (Å²) in [5.74, 6) is 0.414. The van der Waals surface area contributed by atoms with Crippen LogP contribution in [0.25, 0.3) is 33.7 Å². The molecule has 0 radical (unpaired) electrons. The standard InChI is InChI=1S/C18H11ClFN3/c19-14-2-1-9-21-17(14)11-3-5-12(6-4-11)18-22-15-8-7-13(20)10-16(15)23-18/h1-10H,(H,22,23). The van der Waals surface area contributed by atoms with Crippen LogP contribution >= 0.6 is 11.6 Å². The molecule has 2 aromatic heterocycles. The average Bonchev–Trinajstić information content (AvgIpc) is 2.98. The molecular weight excluding hydrogens is 313 g/mol. The summed E-state index contributed by atoms with van der Waals surface area (Å²) < 4.78 is 13.3. The second kappa shape index (κ2) is 5.48. The van der Waals surface area contributed by atoms with Crippen LogP contribution < -0.4 is 0 Å². The summed E-state index contributed by atoms with van der Waals surface area (Å²) in [7, 11) is 0. The highest BCUT2D eigenvalue weighted by Gasteiger charge is 2.08. The zero-order valence-electron chi connectivity index (χ0n) is 11.9. The fourth-order valence-corrected chi connectivity index (χ4v) is 2.73. The van der Waals surface area contributed by atoms with E-state index in [4.69, 9.17) is 11.6 Å². The molecule has 0 amide bonds. The van der Waals surface area contributed by atoms with E-state index in [2.05, 4.69) is 15.0 Å². The third-order valence-corrected chi connectivity index (χ3v) is 3.94. The van der Waals surface area contributed by atoms with Crippen LogP contribution in [0.15, 0.2) is 60.8 Å². The van der Waals surface area contributed by atoms with Crippen LogP contribution in [-0.2, 0) is 0 Å². The Morgan fingerprint density at radius 2 is 1.74 bits per heavy atom. The van der Waals surface area contributed by atoms with Gasteiger partial charge >= 0.3 is 0 Å². The van der Waals surface area contributed by atoms with Crippen LogP contribution in [0.4, 0.5) is 4.39 Å². The minimum Gasteiger partial charge on any atom is -0.338 e. The van der Waals surface area contributed by atoms with Gasteiger partial charge in [0.05, 0.1) is 21.7 Å². The summed E-state index contributed by atoms with van der Waals surface area (Å²) in [5, 5.41) is 0.611. The molecule has 0 aliphatic carbocycles. The maximum absolute atomic E-state index is 13.3. The number of fused-ring (bicyclic) bond motifs is 1. The lowest BCUT2D eigenvalue weighted by Gasteiger charge is -2.04. The molecule has 3 nitrogen and oxygen atoms in total. The summed E-state index contributed by atoms with van der Waals surface area (Å²) in [6.45, 7) is 0. The number of pyridine rings is 1. The molecule has 4 aromatic rings. The van der Waals surface area contributed by atoms with Crippen LogP contribution in [0.1, 0.15) is 0 Å². The predicted molar refractivity (Wildman–Crippen MR) is 89.7 cm³/mol. The zero-order chi connectivity index (χ0) is 15.8. The lowest BCUT2D eigenvalue weighted by Crippen LogP contribution is -1.85. The van der Waals surface area contributed by atoms with E-state index in [0.717, 1.165) is 22.3 Å². The molecular formula is C18H11ClFN3. The number of aromatic amines is 1. The van der Waals surface area contributed by atoms with Crippen molar-refractivity contribution >= 4 is 22.6 Å². The molecule has 2 aromatic carbocycles. The van der Waals surface area contributed by atoms with Crippen LogP contribution in [0.5, 0.6) is 0 Å². The number of nitrogens with zero attached hydrogens (tertiary/aromatic N) is 2. The van der Waals surface area contributed by atoms with Crippen molar-refractivity contribution in [2.24, 2.45) is 0 Å². The summed E-state index contributed by atoms with van der Waals surface area (Å²) in [4.78, 5) is 11.9. The van der Waals surface area contributed by atoms with Gasteiger partial charge in [0.2, 0.25) is 0 Å². The monoisotopic (exact) mass is 323 g/mol. The van der Waals surface area contributed by atoms with E-state index in [1.165, 1.54) is 12.1 Å². The van der Waals surface area contributed by atoms with Gasteiger partial charge in [-0.2, -0.15) is 0 Å². The van der Waals surface area contributed by atoms with Crippen molar-refractivity contribution in [1.82, 2.24) is 15.0 Å². The maximum Gasteiger partial charge on any atom is 0.138 e. The Labute approximate surface area is 136 Å². The first-order chi connectivity index (χ1) is 11.2. The van der Waals surface area contributed by atoms with Crippen molar-refractivity contribution in [1.29, 1.82) is 0 Å². The number of hydrogen-bond donors (Lipinski definition) is 1. The Kier molecular flexibility index (Phi) is 3.32. The number of rotatable bonds is 2. The molecule has 0 saturated heterocycles. The van der Waals surface area contributed by atoms with Gasteiger partial charge in [-0.05, 0) is 30.3 Å². The Morgan fingerprint density at radius 1 is 0.957 bits per heavy atom. The summed E-state index contributed by atoms with van der Waals surface area (Å²) in [5.41, 5.74) is 4.00. The number of benzene rings is 2. The van der Waals surface area contributed by atoms with Gasteiger partial charge < -0.3 is 4.98 Å². The minimum absolute atomic E-state index is 0.284. The molecule has 1 N–H and O–H groups in total. The fraction of sp³-hybridized carbons (Fsp3) is 0. The van der Waals surface area contributed by atoms with E-state index in [1.807, 2.05) is 30.3 Å². The highest BCUT2D eigenvalue weighted by molar-refractivity contribution is 6.33. The number of nitrogens with one attached hydrogen (secondary N) is 1. The van der Waals surface area contributed by atoms with Gasteiger partial charge in [0.1, 0.15) is 11.6 Å². The lowest BCUT2D eigenvalue weighted by atomic mass is 10.1. The lowest BCUT2D eigenvalue weighted by molar-refractivity contribution is 0.629. The Balaban J connectivity index is 1.73. The van der Waals surface area contributed by atoms with Gasteiger partial charge in [-0.25, -0.2) is 9.37 Å². The highest BCUT2D eigenvalue weighted by Crippen LogP contribution is 2.28. The number of imidazole rings is 1. The van der Waals surface area contributed by atoms with E-state index in [1.54, 1.807) is 18.3 Å². The number of hydrogen-bond acceptors (Lipinski definition) is 2. The van der Waals surface area contributed by atoms with Gasteiger partial charge in [-0.15, -0.1) is 0 Å². The smallest absolute Gasteiger partial charge is 0.138 e. The summed E-state index contributed by atoms with van der Waals surface area (Å²) in [6.07, 6.45) is 1.71. The van der Waals surface area contributed by atoms with Gasteiger partial charge in [-0.1, -0.05) is 35.9 Å². The van der Waals surface area contributed by atoms with Crippen LogP contribution in [-0.4, -0.2) is 15.0 Å². The summed E-state index contributed by atoms with van der Waals surface area (Å²) in [6, 6.07) is 15.9. The van der Waals surface area contributed by atoms with E-state index in [0.29, 0.717) is 16.4 Å². The molecule has 2 heterocycles. The molecule has 5 heteroatoms. The normalized spacial score (nSPS) is 11.0. The van der Waals surface area contributed by atoms with Crippen molar-refractivity contribution in [3.63, 3.8) is 0 Å². The largest absolute Gasteiger partial charge is 0.338 e. The summed E-state index contributed by atoms with van der Waals surface area (Å²) >= 11 is 6.17. The van der Waals surface area contributed by atoms with Gasteiger partial charge in [0.15, 0.2) is 0 Å². The van der Waals surface area contributed by atoms with Crippen molar-refractivity contribution in [3.8, 4) is 22.6 Å². The van der Waals surface area contributed by atoms with Gasteiger partial charge in [0, 0.05) is 17.3 Å². The average molecular weight is 324 g/mol. The first-order valence-corrected chi connectivity index (χ1v) is 7.45. The first-order valence-electron chi connectivity index (χ1n) is 7.07. The molecule has 4 rings (SSSR count). The maximum atomic E-state index is 13.3. The molecule has 0 aliphatic heterocycles. The van der Waals surface area contributed by atoms with E-state index in [9.17, 15) is 4.39 Å². The van der Waals surface area contributed by atoms with E-state index >= 15 is 0 Å². The third kappa shape index (κ3) is 2.58. The number of aromatic nitrogens is 3. The zero-order valence-corrected chi connectivity index (χ0v) is 12.7. The van der Waals surface area contributed by atoms with Gasteiger partial charge in [-0.3, -0.25) is 4.98 Å². The first kappa shape index (κ1) is 13.9. The molecule has 112 valence electrons. The van der Waals surface area contributed by atoms with Crippen molar-refractivity contribution < 1.29 is 4.39 Å².